The predicted octanol–water partition coefficient (Wildman–Crippen LogP) is 2.07. The summed E-state index contributed by atoms with van der Waals surface area (Å²) in [6.07, 6.45) is 0. The molecule has 0 spiro atoms. The van der Waals surface area contributed by atoms with Crippen molar-refractivity contribution in [2.24, 2.45) is 7.05 Å². The summed E-state index contributed by atoms with van der Waals surface area (Å²) >= 11 is 0. The molecule has 3 heterocycles. The number of amides is 1. The first-order chi connectivity index (χ1) is 12.0. The summed E-state index contributed by atoms with van der Waals surface area (Å²) in [6.45, 7) is 1.82. The number of anilines is 1. The predicted molar refractivity (Wildman–Crippen MR) is 88.2 cm³/mol. The number of aromatic amines is 1. The van der Waals surface area contributed by atoms with Gasteiger partial charge in [0.05, 0.1) is 11.1 Å². The van der Waals surface area contributed by atoms with Crippen LogP contribution in [0.2, 0.25) is 0 Å². The molecule has 3 aromatic heterocycles. The Kier molecular flexibility index (Phi) is 3.27. The van der Waals surface area contributed by atoms with Crippen LogP contribution in [0.15, 0.2) is 44.0 Å². The fourth-order valence-electron chi connectivity index (χ4n) is 2.49. The van der Waals surface area contributed by atoms with Crippen LogP contribution in [0.1, 0.15) is 16.1 Å². The van der Waals surface area contributed by atoms with Crippen LogP contribution in [0.5, 0.6) is 0 Å². The maximum Gasteiger partial charge on any atom is 0.419 e. The number of carbonyl (C=O) groups is 1. The topological polar surface area (TPSA) is 119 Å². The van der Waals surface area contributed by atoms with Crippen molar-refractivity contribution in [2.45, 2.75) is 6.92 Å². The Balaban J connectivity index is 1.64. The number of fused-ring (bicyclic) bond motifs is 1. The minimum atomic E-state index is -0.538. The number of carbonyl (C=O) groups excluding carboxylic acids is 1. The molecule has 9 heteroatoms. The average molecular weight is 339 g/mol. The fraction of sp³-hybridized carbons (Fsp3) is 0.125. The van der Waals surface area contributed by atoms with Gasteiger partial charge in [-0.15, -0.1) is 5.10 Å². The van der Waals surface area contributed by atoms with Gasteiger partial charge in [-0.3, -0.25) is 19.8 Å². The summed E-state index contributed by atoms with van der Waals surface area (Å²) in [4.78, 5) is 28.3. The number of para-hydroxylation sites is 1. The molecule has 126 valence electrons. The van der Waals surface area contributed by atoms with Gasteiger partial charge in [-0.25, -0.2) is 4.79 Å². The van der Waals surface area contributed by atoms with Gasteiger partial charge in [0.15, 0.2) is 17.2 Å². The Hall–Kier alpha value is -3.62. The van der Waals surface area contributed by atoms with E-state index in [0.29, 0.717) is 17.1 Å². The minimum Gasteiger partial charge on any atom is -0.458 e. The van der Waals surface area contributed by atoms with E-state index in [1.807, 2.05) is 6.92 Å². The molecule has 1 amide bonds. The molecular weight excluding hydrogens is 326 g/mol. The minimum absolute atomic E-state index is 0.0873. The third-order valence-corrected chi connectivity index (χ3v) is 3.75. The van der Waals surface area contributed by atoms with Crippen LogP contribution in [0.4, 0.5) is 5.95 Å². The fourth-order valence-corrected chi connectivity index (χ4v) is 2.49. The summed E-state index contributed by atoms with van der Waals surface area (Å²) in [5, 5.41) is 9.21. The molecule has 0 aliphatic carbocycles. The zero-order valence-electron chi connectivity index (χ0n) is 13.4. The number of benzene rings is 1. The number of rotatable bonds is 3. The van der Waals surface area contributed by atoms with Gasteiger partial charge >= 0.3 is 5.76 Å². The van der Waals surface area contributed by atoms with E-state index in [1.165, 1.54) is 4.57 Å². The van der Waals surface area contributed by atoms with Crippen molar-refractivity contribution < 1.29 is 13.6 Å². The largest absolute Gasteiger partial charge is 0.458 e. The molecule has 2 N–H and O–H groups in total. The van der Waals surface area contributed by atoms with Crippen molar-refractivity contribution in [3.8, 4) is 11.6 Å². The number of aryl methyl sites for hydroxylation is 2. The summed E-state index contributed by atoms with van der Waals surface area (Å²) in [5.41, 5.74) is 0.958. The Bertz CT molecular complexity index is 1150. The monoisotopic (exact) mass is 339 g/mol. The molecule has 0 saturated heterocycles. The lowest BCUT2D eigenvalue weighted by Crippen LogP contribution is -2.13. The van der Waals surface area contributed by atoms with Crippen LogP contribution in [0, 0.1) is 6.92 Å². The summed E-state index contributed by atoms with van der Waals surface area (Å²) in [6, 6.07) is 8.47. The zero-order chi connectivity index (χ0) is 17.6. The van der Waals surface area contributed by atoms with Gasteiger partial charge in [-0.2, -0.15) is 4.98 Å². The number of aromatic nitrogens is 4. The van der Waals surface area contributed by atoms with Crippen molar-refractivity contribution in [3.05, 3.63) is 52.2 Å². The van der Waals surface area contributed by atoms with Gasteiger partial charge in [-0.1, -0.05) is 6.07 Å². The highest BCUT2D eigenvalue weighted by molar-refractivity contribution is 6.10. The molecule has 9 nitrogen and oxygen atoms in total. The number of hydrogen-bond acceptors (Lipinski definition) is 6. The van der Waals surface area contributed by atoms with Crippen LogP contribution in [-0.4, -0.2) is 25.7 Å². The molecular formula is C16H13N5O4. The molecule has 0 unspecified atom stereocenters. The Morgan fingerprint density at radius 3 is 2.84 bits per heavy atom. The van der Waals surface area contributed by atoms with Crippen LogP contribution in [0.3, 0.4) is 0 Å². The normalized spacial score (nSPS) is 11.1. The summed E-state index contributed by atoms with van der Waals surface area (Å²) in [5.74, 6) is 0.714. The second-order valence-electron chi connectivity index (χ2n) is 5.45. The van der Waals surface area contributed by atoms with E-state index in [2.05, 4.69) is 20.5 Å². The van der Waals surface area contributed by atoms with E-state index >= 15 is 0 Å². The quantitative estimate of drug-likeness (QED) is 0.590. The SMILES string of the molecule is Cc1ccc(-c2nc(NC(=O)c3cccc4c3oc(=O)n4C)n[nH]2)o1. The lowest BCUT2D eigenvalue weighted by atomic mass is 10.2. The van der Waals surface area contributed by atoms with Crippen molar-refractivity contribution >= 4 is 23.0 Å². The highest BCUT2D eigenvalue weighted by atomic mass is 16.4. The number of hydrogen-bond donors (Lipinski definition) is 2. The molecule has 25 heavy (non-hydrogen) atoms. The first kappa shape index (κ1) is 14.9. The van der Waals surface area contributed by atoms with Crippen LogP contribution in [0.25, 0.3) is 22.7 Å². The van der Waals surface area contributed by atoms with Crippen LogP contribution < -0.4 is 11.1 Å². The number of H-pyrrole nitrogens is 1. The first-order valence-corrected chi connectivity index (χ1v) is 7.42. The van der Waals surface area contributed by atoms with Gasteiger partial charge in [0.25, 0.3) is 5.91 Å². The summed E-state index contributed by atoms with van der Waals surface area (Å²) < 4.78 is 11.9. The van der Waals surface area contributed by atoms with Crippen LogP contribution >= 0.6 is 0 Å². The zero-order valence-corrected chi connectivity index (χ0v) is 13.4. The van der Waals surface area contributed by atoms with Gasteiger partial charge in [-0.05, 0) is 31.2 Å². The third kappa shape index (κ3) is 2.51. The first-order valence-electron chi connectivity index (χ1n) is 7.42. The van der Waals surface area contributed by atoms with E-state index < -0.39 is 11.7 Å². The van der Waals surface area contributed by atoms with Crippen molar-refractivity contribution in [1.82, 2.24) is 19.7 Å². The molecule has 4 rings (SSSR count). The van der Waals surface area contributed by atoms with E-state index in [1.54, 1.807) is 37.4 Å². The second kappa shape index (κ2) is 5.48. The van der Waals surface area contributed by atoms with Crippen molar-refractivity contribution in [3.63, 3.8) is 0 Å². The van der Waals surface area contributed by atoms with Gasteiger partial charge in [0.2, 0.25) is 5.95 Å². The maximum atomic E-state index is 12.5. The third-order valence-electron chi connectivity index (χ3n) is 3.75. The molecule has 0 bridgehead atoms. The highest BCUT2D eigenvalue weighted by Gasteiger charge is 2.18. The molecule has 0 radical (unpaired) electrons. The van der Waals surface area contributed by atoms with E-state index in [0.717, 1.165) is 5.76 Å². The second-order valence-corrected chi connectivity index (χ2v) is 5.45. The highest BCUT2D eigenvalue weighted by Crippen LogP contribution is 2.20. The molecule has 0 aliphatic heterocycles. The standard InChI is InChI=1S/C16H13N5O4/c1-8-6-7-11(24-8)13-17-15(20-19-13)18-14(22)9-4-3-5-10-12(9)25-16(23)21(10)2/h3-7H,1-2H3,(H2,17,18,19,20,22). The van der Waals surface area contributed by atoms with Crippen LogP contribution in [-0.2, 0) is 7.05 Å². The van der Waals surface area contributed by atoms with Crippen molar-refractivity contribution in [2.75, 3.05) is 5.32 Å². The molecule has 0 aliphatic rings. The average Bonchev–Trinajstić information content (AvgIpc) is 3.28. The van der Waals surface area contributed by atoms with E-state index in [4.69, 9.17) is 8.83 Å². The number of nitrogens with zero attached hydrogens (tertiary/aromatic N) is 3. The Morgan fingerprint density at radius 1 is 1.24 bits per heavy atom. The summed E-state index contributed by atoms with van der Waals surface area (Å²) in [7, 11) is 1.57. The molecule has 1 aromatic carbocycles. The maximum absolute atomic E-state index is 12.5. The Labute approximate surface area is 140 Å². The lowest BCUT2D eigenvalue weighted by molar-refractivity contribution is 0.102. The lowest BCUT2D eigenvalue weighted by Gasteiger charge is -2.01. The molecule has 0 fully saturated rings. The molecule has 0 atom stereocenters. The van der Waals surface area contributed by atoms with E-state index in [-0.39, 0.29) is 17.1 Å². The van der Waals surface area contributed by atoms with Crippen molar-refractivity contribution in [1.29, 1.82) is 0 Å². The number of nitrogens with one attached hydrogen (secondary N) is 2. The van der Waals surface area contributed by atoms with Gasteiger partial charge < -0.3 is 8.83 Å². The molecule has 0 saturated carbocycles. The smallest absolute Gasteiger partial charge is 0.419 e. The van der Waals surface area contributed by atoms with Gasteiger partial charge in [0, 0.05) is 7.05 Å². The molecule has 4 aromatic rings. The Morgan fingerprint density at radius 2 is 2.08 bits per heavy atom. The van der Waals surface area contributed by atoms with E-state index in [9.17, 15) is 9.59 Å². The van der Waals surface area contributed by atoms with Gasteiger partial charge in [0.1, 0.15) is 5.76 Å². The number of furan rings is 1. The number of oxazole rings is 1.